The first-order valence-electron chi connectivity index (χ1n) is 6.92. The smallest absolute Gasteiger partial charge is 0.243 e. The molecule has 20 heavy (non-hydrogen) atoms. The van der Waals surface area contributed by atoms with Crippen LogP contribution in [0.4, 0.5) is 0 Å². The van der Waals surface area contributed by atoms with Crippen molar-refractivity contribution in [1.82, 2.24) is 9.62 Å². The Kier molecular flexibility index (Phi) is 5.07. The summed E-state index contributed by atoms with van der Waals surface area (Å²) in [4.78, 5) is 0.300. The average molecular weight is 317 g/mol. The first kappa shape index (κ1) is 15.8. The third kappa shape index (κ3) is 3.52. The van der Waals surface area contributed by atoms with Crippen LogP contribution in [0.1, 0.15) is 26.7 Å². The summed E-state index contributed by atoms with van der Waals surface area (Å²) in [6.07, 6.45) is 2.14. The van der Waals surface area contributed by atoms with Crippen LogP contribution >= 0.6 is 11.6 Å². The van der Waals surface area contributed by atoms with Crippen LogP contribution in [0, 0.1) is 0 Å². The van der Waals surface area contributed by atoms with Gasteiger partial charge in [0.05, 0.1) is 4.90 Å². The van der Waals surface area contributed by atoms with E-state index in [2.05, 4.69) is 5.32 Å². The van der Waals surface area contributed by atoms with E-state index in [9.17, 15) is 8.42 Å². The molecule has 2 rings (SSSR count). The first-order chi connectivity index (χ1) is 9.41. The van der Waals surface area contributed by atoms with Crippen molar-refractivity contribution in [3.8, 4) is 0 Å². The van der Waals surface area contributed by atoms with Crippen LogP contribution in [0.2, 0.25) is 5.02 Å². The van der Waals surface area contributed by atoms with Gasteiger partial charge in [0.1, 0.15) is 0 Å². The van der Waals surface area contributed by atoms with Gasteiger partial charge in [0, 0.05) is 23.7 Å². The van der Waals surface area contributed by atoms with Crippen molar-refractivity contribution in [2.45, 2.75) is 43.7 Å². The lowest BCUT2D eigenvalue weighted by atomic mass is 10.2. The maximum Gasteiger partial charge on any atom is 0.243 e. The number of nitrogens with one attached hydrogen (secondary N) is 1. The number of hydrogen-bond donors (Lipinski definition) is 1. The molecular weight excluding hydrogens is 296 g/mol. The van der Waals surface area contributed by atoms with Crippen molar-refractivity contribution in [2.24, 2.45) is 0 Å². The standard InChI is InChI=1S/C14H21ClN2O2S/c1-11(2)17(10-13-4-3-9-16-13)20(18,19)14-7-5-12(15)6-8-14/h5-8,11,13,16H,3-4,9-10H2,1-2H3. The van der Waals surface area contributed by atoms with Gasteiger partial charge in [0.2, 0.25) is 10.0 Å². The lowest BCUT2D eigenvalue weighted by Crippen LogP contribution is -2.44. The summed E-state index contributed by atoms with van der Waals surface area (Å²) < 4.78 is 27.0. The Labute approximate surface area is 126 Å². The Hall–Kier alpha value is -0.620. The molecule has 1 N–H and O–H groups in total. The molecule has 4 nitrogen and oxygen atoms in total. The quantitative estimate of drug-likeness (QED) is 0.908. The van der Waals surface area contributed by atoms with Gasteiger partial charge < -0.3 is 5.32 Å². The predicted octanol–water partition coefficient (Wildman–Crippen LogP) is 2.49. The van der Waals surface area contributed by atoms with Crippen LogP contribution in [0.3, 0.4) is 0 Å². The number of hydrogen-bond acceptors (Lipinski definition) is 3. The zero-order chi connectivity index (χ0) is 14.8. The van der Waals surface area contributed by atoms with Crippen LogP contribution in [-0.4, -0.2) is 37.9 Å². The highest BCUT2D eigenvalue weighted by molar-refractivity contribution is 7.89. The third-order valence-corrected chi connectivity index (χ3v) is 5.87. The van der Waals surface area contributed by atoms with E-state index in [4.69, 9.17) is 11.6 Å². The Balaban J connectivity index is 2.24. The summed E-state index contributed by atoms with van der Waals surface area (Å²) >= 11 is 5.82. The molecule has 1 fully saturated rings. The van der Waals surface area contributed by atoms with Gasteiger partial charge in [-0.25, -0.2) is 8.42 Å². The molecule has 112 valence electrons. The summed E-state index contributed by atoms with van der Waals surface area (Å²) in [5.74, 6) is 0. The summed E-state index contributed by atoms with van der Waals surface area (Å²) in [6.45, 7) is 5.30. The fourth-order valence-electron chi connectivity index (χ4n) is 2.46. The maximum absolute atomic E-state index is 12.7. The summed E-state index contributed by atoms with van der Waals surface area (Å²) in [5, 5.41) is 3.89. The number of nitrogens with zero attached hydrogens (tertiary/aromatic N) is 1. The lowest BCUT2D eigenvalue weighted by molar-refractivity contribution is 0.322. The molecule has 1 saturated heterocycles. The van der Waals surface area contributed by atoms with Crippen LogP contribution in [-0.2, 0) is 10.0 Å². The fraction of sp³-hybridized carbons (Fsp3) is 0.571. The molecule has 1 heterocycles. The monoisotopic (exact) mass is 316 g/mol. The summed E-state index contributed by atoms with van der Waals surface area (Å²) in [6, 6.07) is 6.53. The van der Waals surface area contributed by atoms with Crippen molar-refractivity contribution in [2.75, 3.05) is 13.1 Å². The van der Waals surface area contributed by atoms with Crippen LogP contribution < -0.4 is 5.32 Å². The molecule has 0 saturated carbocycles. The van der Waals surface area contributed by atoms with Crippen molar-refractivity contribution in [1.29, 1.82) is 0 Å². The topological polar surface area (TPSA) is 49.4 Å². The van der Waals surface area contributed by atoms with Crippen molar-refractivity contribution in [3.05, 3.63) is 29.3 Å². The van der Waals surface area contributed by atoms with Crippen LogP contribution in [0.25, 0.3) is 0 Å². The minimum atomic E-state index is -3.47. The average Bonchev–Trinajstić information content (AvgIpc) is 2.89. The molecular formula is C14H21ClN2O2S. The van der Waals surface area contributed by atoms with E-state index in [-0.39, 0.29) is 12.1 Å². The second kappa shape index (κ2) is 6.43. The molecule has 0 bridgehead atoms. The maximum atomic E-state index is 12.7. The molecule has 0 amide bonds. The van der Waals surface area contributed by atoms with Gasteiger partial charge in [-0.3, -0.25) is 0 Å². The van der Waals surface area contributed by atoms with Gasteiger partial charge in [0.15, 0.2) is 0 Å². The van der Waals surface area contributed by atoms with Gasteiger partial charge in [-0.1, -0.05) is 11.6 Å². The minimum absolute atomic E-state index is 0.0712. The molecule has 1 atom stereocenters. The summed E-state index contributed by atoms with van der Waals surface area (Å²) in [5.41, 5.74) is 0. The van der Waals surface area contributed by atoms with E-state index in [0.717, 1.165) is 19.4 Å². The van der Waals surface area contributed by atoms with Crippen LogP contribution in [0.15, 0.2) is 29.2 Å². The summed E-state index contributed by atoms with van der Waals surface area (Å²) in [7, 11) is -3.47. The molecule has 0 aliphatic carbocycles. The molecule has 1 aromatic rings. The molecule has 0 spiro atoms. The molecule has 1 unspecified atom stereocenters. The SMILES string of the molecule is CC(C)N(CC1CCCN1)S(=O)(=O)c1ccc(Cl)cc1. The molecule has 0 radical (unpaired) electrons. The Morgan fingerprint density at radius 3 is 2.50 bits per heavy atom. The van der Waals surface area contributed by atoms with E-state index in [1.54, 1.807) is 28.6 Å². The van der Waals surface area contributed by atoms with Gasteiger partial charge in [-0.2, -0.15) is 4.31 Å². The predicted molar refractivity (Wildman–Crippen MR) is 81.5 cm³/mol. The zero-order valence-corrected chi connectivity index (χ0v) is 13.4. The first-order valence-corrected chi connectivity index (χ1v) is 8.74. The van der Waals surface area contributed by atoms with E-state index in [0.29, 0.717) is 16.5 Å². The number of sulfonamides is 1. The zero-order valence-electron chi connectivity index (χ0n) is 11.8. The largest absolute Gasteiger partial charge is 0.313 e. The fourth-order valence-corrected chi connectivity index (χ4v) is 4.27. The number of halogens is 1. The van der Waals surface area contributed by atoms with Gasteiger partial charge in [-0.05, 0) is 57.5 Å². The van der Waals surface area contributed by atoms with Gasteiger partial charge in [0.25, 0.3) is 0 Å². The highest BCUT2D eigenvalue weighted by Crippen LogP contribution is 2.22. The van der Waals surface area contributed by atoms with Crippen molar-refractivity contribution in [3.63, 3.8) is 0 Å². The van der Waals surface area contributed by atoms with Gasteiger partial charge >= 0.3 is 0 Å². The Morgan fingerprint density at radius 2 is 2.00 bits per heavy atom. The highest BCUT2D eigenvalue weighted by atomic mass is 35.5. The second-order valence-electron chi connectivity index (χ2n) is 5.42. The number of benzene rings is 1. The normalized spacial score (nSPS) is 19.9. The van der Waals surface area contributed by atoms with E-state index in [1.807, 2.05) is 13.8 Å². The minimum Gasteiger partial charge on any atom is -0.313 e. The third-order valence-electron chi connectivity index (χ3n) is 3.56. The van der Waals surface area contributed by atoms with Crippen molar-refractivity contribution < 1.29 is 8.42 Å². The van der Waals surface area contributed by atoms with Gasteiger partial charge in [-0.15, -0.1) is 0 Å². The molecule has 1 aromatic carbocycles. The van der Waals surface area contributed by atoms with E-state index < -0.39 is 10.0 Å². The van der Waals surface area contributed by atoms with Crippen molar-refractivity contribution >= 4 is 21.6 Å². The van der Waals surface area contributed by atoms with E-state index >= 15 is 0 Å². The molecule has 1 aliphatic rings. The number of rotatable bonds is 5. The lowest BCUT2D eigenvalue weighted by Gasteiger charge is -2.28. The Bertz CT molecular complexity index is 537. The second-order valence-corrected chi connectivity index (χ2v) is 7.74. The molecule has 1 aliphatic heterocycles. The van der Waals surface area contributed by atoms with Crippen LogP contribution in [0.5, 0.6) is 0 Å². The molecule has 0 aromatic heterocycles. The highest BCUT2D eigenvalue weighted by Gasteiger charge is 2.30. The molecule has 6 heteroatoms. The Morgan fingerprint density at radius 1 is 1.35 bits per heavy atom. The van der Waals surface area contributed by atoms with E-state index in [1.165, 1.54) is 0 Å².